The van der Waals surface area contributed by atoms with E-state index in [1.165, 1.54) is 32.2 Å². The molecule has 93 heavy (non-hydrogen) atoms. The number of amides is 3. The number of benzene rings is 2. The molecule has 0 bridgehead atoms. The molecule has 512 valence electrons. The molecule has 0 unspecified atom stereocenters. The van der Waals surface area contributed by atoms with Gasteiger partial charge in [-0.3, -0.25) is 28.8 Å². The number of Topliss-reactive ketones (excluding diaryl/α,β-unsaturated/α-hetero) is 1. The molecule has 2 aromatic rings. The molecule has 4 saturated heterocycles. The van der Waals surface area contributed by atoms with Crippen molar-refractivity contribution in [1.82, 2.24) is 16.0 Å². The van der Waals surface area contributed by atoms with Crippen LogP contribution in [-0.2, 0) is 73.0 Å². The summed E-state index contributed by atoms with van der Waals surface area (Å²) >= 11 is 0. The van der Waals surface area contributed by atoms with Crippen molar-refractivity contribution in [1.29, 1.82) is 0 Å². The van der Waals surface area contributed by atoms with Crippen molar-refractivity contribution in [2.45, 2.75) is 181 Å². The van der Waals surface area contributed by atoms with Gasteiger partial charge in [0.2, 0.25) is 23.5 Å². The molecule has 2 aromatic carbocycles. The third kappa shape index (κ3) is 16.3. The molecule has 0 radical (unpaired) electrons. The van der Waals surface area contributed by atoms with Crippen LogP contribution in [0.1, 0.15) is 89.1 Å². The summed E-state index contributed by atoms with van der Waals surface area (Å²) < 4.78 is 56.1. The van der Waals surface area contributed by atoms with Crippen molar-refractivity contribution in [2.24, 2.45) is 5.92 Å². The largest absolute Gasteiger partial charge is 1.00 e. The number of fused-ring (bicyclic) bond motifs is 3. The van der Waals surface area contributed by atoms with Crippen LogP contribution >= 0.6 is 0 Å². The molecule has 36 heteroatoms. The van der Waals surface area contributed by atoms with Crippen LogP contribution in [0.4, 0.5) is 0 Å². The van der Waals surface area contributed by atoms with E-state index in [9.17, 15) is 110 Å². The average Bonchev–Trinajstić information content (AvgIpc) is 0.713. The van der Waals surface area contributed by atoms with Gasteiger partial charge in [-0.25, -0.2) is 0 Å². The van der Waals surface area contributed by atoms with Gasteiger partial charge in [-0.1, -0.05) is 26.0 Å². The molecule has 3 amide bonds. The van der Waals surface area contributed by atoms with Crippen LogP contribution < -0.4 is 55.4 Å². The molecule has 0 saturated carbocycles. The van der Waals surface area contributed by atoms with Gasteiger partial charge in [-0.05, 0) is 25.3 Å². The Labute approximate surface area is 550 Å². The number of nitrogens with one attached hydrogen (secondary N) is 3. The van der Waals surface area contributed by atoms with Crippen molar-refractivity contribution in [2.75, 3.05) is 53.3 Å². The summed E-state index contributed by atoms with van der Waals surface area (Å²) in [4.78, 5) is 93.1. The number of aromatic hydroxyl groups is 2. The number of aliphatic hydroxyl groups excluding tert-OH is 11. The summed E-state index contributed by atoms with van der Waals surface area (Å²) in [5.74, 6) is -9.41. The molecular weight excluding hydrogens is 1260 g/mol. The number of carbonyl (C=O) groups is 7. The number of aliphatic hydroxyl groups is 12. The standard InChI is InChI=1S/C57H77N3O32.Na/c1-19(2)8-24(60-32(65)17-84-16-29-52(92-55-49(78)45(74)42(71)27(13-61)89-55)47(76)50(79)56(90-29)91-51-28(15-85-18-33(66)67)88-54(81)48(77)46(51)75)53(80)58-12-31(64)59-23-9-34(86-20(3)39(23)68)87-26-11-57(82,30(63)14-62)10-22-36(26)44(73)38-37(41(22)70)40(69)21-6-5-7-25(83-4)35(21)43(38)72;/h5-7,19-20,23-24,26-29,34,39,42,45-52,54-56,61-62,68,70-71,73-79,81-82H,8-18H2,1-4H3,(H,58,80)(H,59,64)(H,60,65)(H,66,67);/q;+1/p-1/t20-,23-,24-,26+,27+,28+,29+,34-,39+,42+,45-,46+,47+,48+,49+,50+,51-,52-,54-,55+,56+,57-;/m0./s1. The maximum absolute atomic E-state index is 14.1. The van der Waals surface area contributed by atoms with Crippen LogP contribution in [0.25, 0.3) is 0 Å². The molecule has 4 fully saturated rings. The van der Waals surface area contributed by atoms with Crippen LogP contribution in [0.15, 0.2) is 18.2 Å². The van der Waals surface area contributed by atoms with Gasteiger partial charge in [-0.2, -0.15) is 0 Å². The Morgan fingerprint density at radius 3 is 1.94 bits per heavy atom. The summed E-state index contributed by atoms with van der Waals surface area (Å²) in [7, 11) is 1.25. The first kappa shape index (κ1) is 75.3. The van der Waals surface area contributed by atoms with Gasteiger partial charge in [-0.15, -0.1) is 0 Å². The second kappa shape index (κ2) is 31.8. The van der Waals surface area contributed by atoms with Gasteiger partial charge in [0.25, 0.3) is 0 Å². The first-order valence-corrected chi connectivity index (χ1v) is 29.2. The third-order valence-corrected chi connectivity index (χ3v) is 16.6. The van der Waals surface area contributed by atoms with Crippen molar-refractivity contribution in [3.63, 3.8) is 0 Å². The van der Waals surface area contributed by atoms with Crippen LogP contribution in [0.5, 0.6) is 17.2 Å². The number of aliphatic carboxylic acids is 1. The summed E-state index contributed by atoms with van der Waals surface area (Å²) in [6.45, 7) is -1.50. The number of methoxy groups -OCH3 is 1. The van der Waals surface area contributed by atoms with E-state index >= 15 is 0 Å². The number of rotatable bonds is 25. The average molecular weight is 1340 g/mol. The molecule has 0 spiro atoms. The summed E-state index contributed by atoms with van der Waals surface area (Å²) in [5.41, 5.74) is -4.83. The molecule has 22 atom stereocenters. The Morgan fingerprint density at radius 1 is 0.720 bits per heavy atom. The van der Waals surface area contributed by atoms with Crippen LogP contribution in [0.2, 0.25) is 0 Å². The van der Waals surface area contributed by atoms with E-state index in [1.807, 2.05) is 0 Å². The van der Waals surface area contributed by atoms with E-state index in [0.29, 0.717) is 0 Å². The van der Waals surface area contributed by atoms with E-state index in [2.05, 4.69) is 16.0 Å². The van der Waals surface area contributed by atoms with Gasteiger partial charge in [0.05, 0.1) is 81.0 Å². The Kier molecular flexibility index (Phi) is 25.8. The zero-order valence-electron chi connectivity index (χ0n) is 50.8. The molecular formula is C57H76N3NaO32. The van der Waals surface area contributed by atoms with E-state index in [0.717, 1.165) is 0 Å². The van der Waals surface area contributed by atoms with Crippen molar-refractivity contribution >= 4 is 41.0 Å². The first-order valence-electron chi connectivity index (χ1n) is 29.2. The van der Waals surface area contributed by atoms with Gasteiger partial charge in [0, 0.05) is 36.0 Å². The first-order chi connectivity index (χ1) is 43.4. The molecule has 4 heterocycles. The quantitative estimate of drug-likeness (QED) is 0.0277. The van der Waals surface area contributed by atoms with Gasteiger partial charge >= 0.3 is 29.6 Å². The number of ketones is 3. The van der Waals surface area contributed by atoms with Crippen LogP contribution in [0, 0.1) is 5.92 Å². The van der Waals surface area contributed by atoms with E-state index < -0.39 is 264 Å². The topological polar surface area (TPSA) is 554 Å². The Balaban J connectivity index is 0.0000123. The summed E-state index contributed by atoms with van der Waals surface area (Å²) in [6.07, 6.45) is -36.7. The molecule has 35 nitrogen and oxygen atoms in total. The summed E-state index contributed by atoms with van der Waals surface area (Å²) in [6, 6.07) is 1.53. The van der Waals surface area contributed by atoms with Gasteiger partial charge in [0.1, 0.15) is 121 Å². The second-order valence-electron chi connectivity index (χ2n) is 23.5. The number of carboxylic acids is 1. The number of carboxylic acid groups (broad SMARTS) is 1. The minimum Gasteiger partial charge on any atom is -0.548 e. The Hall–Kier alpha value is -5.11. The maximum Gasteiger partial charge on any atom is 1.00 e. The van der Waals surface area contributed by atoms with E-state index in [4.69, 9.17) is 47.4 Å². The fraction of sp³-hybridized carbons (Fsp3) is 0.667. The molecule has 0 aromatic heterocycles. The number of phenols is 2. The monoisotopic (exact) mass is 1340 g/mol. The fourth-order valence-electron chi connectivity index (χ4n) is 11.9. The number of carbonyl (C=O) groups excluding carboxylic acids is 7. The van der Waals surface area contributed by atoms with Gasteiger partial charge in [0.15, 0.2) is 36.7 Å². The Bertz CT molecular complexity index is 3030. The maximum atomic E-state index is 14.1. The smallest absolute Gasteiger partial charge is 0.548 e. The van der Waals surface area contributed by atoms with Crippen molar-refractivity contribution in [3.8, 4) is 17.2 Å². The SMILES string of the molecule is COc1cccc2c1C(=O)c1c(O)c3c(c(O)c1C2=O)C[C@@](O)(C(=O)CO)C[C@H]3O[C@H]1C[C@H](NC(=O)CNC(=O)[C@H](CC(C)C)NC(=O)COC[C@H]2O[C@H](O[C@@H]3[C@H](O)[C@@H](O)[C@@H](O)O[C@@H]3COCC(=O)[O-])[C@H](O)[C@@H](O)[C@H]2O[C@H]2O[C@H](CO)[C@@H](O)[C@H](O)[C@H]2O)[C@H](O)[C@H](C)O1.[Na+]. The number of phenolic OH excluding ortho intramolecular Hbond substituents is 2. The predicted octanol–water partition coefficient (Wildman–Crippen LogP) is -12.0. The van der Waals surface area contributed by atoms with Crippen LogP contribution in [-0.4, -0.2) is 294 Å². The Morgan fingerprint density at radius 2 is 1.32 bits per heavy atom. The molecule has 17 N–H and O–H groups in total. The zero-order chi connectivity index (χ0) is 67.5. The van der Waals surface area contributed by atoms with Crippen molar-refractivity contribution < 1.29 is 187 Å². The fourth-order valence-corrected chi connectivity index (χ4v) is 11.9. The second-order valence-corrected chi connectivity index (χ2v) is 23.5. The third-order valence-electron chi connectivity index (χ3n) is 16.6. The number of hydrogen-bond acceptors (Lipinski definition) is 32. The normalized spacial score (nSPS) is 34.5. The number of hydrogen-bond donors (Lipinski definition) is 17. The van der Waals surface area contributed by atoms with Crippen LogP contribution in [0.3, 0.4) is 0 Å². The van der Waals surface area contributed by atoms with Crippen molar-refractivity contribution in [3.05, 3.63) is 51.6 Å². The number of ether oxygens (including phenoxy) is 10. The summed E-state index contributed by atoms with van der Waals surface area (Å²) in [5, 5.41) is 171. The molecule has 8 rings (SSSR count). The van der Waals surface area contributed by atoms with Gasteiger partial charge < -0.3 is 145 Å². The zero-order valence-corrected chi connectivity index (χ0v) is 52.8. The molecule has 4 aliphatic heterocycles. The minimum absolute atomic E-state index is 0. The minimum atomic E-state index is -2.49. The van der Waals surface area contributed by atoms with E-state index in [-0.39, 0.29) is 69.9 Å². The predicted molar refractivity (Wildman–Crippen MR) is 294 cm³/mol. The van der Waals surface area contributed by atoms with E-state index in [1.54, 1.807) is 13.8 Å². The molecule has 6 aliphatic rings. The molecule has 2 aliphatic carbocycles.